The molecule has 0 unspecified atom stereocenters. The van der Waals surface area contributed by atoms with Crippen molar-refractivity contribution in [2.75, 3.05) is 0 Å². The molecule has 0 radical (unpaired) electrons. The second-order valence-corrected chi connectivity index (χ2v) is 9.78. The number of furan rings is 1. The lowest BCUT2D eigenvalue weighted by molar-refractivity contribution is 0.595. The smallest absolute Gasteiger partial charge is 0.164 e. The van der Waals surface area contributed by atoms with E-state index in [9.17, 15) is 0 Å². The van der Waals surface area contributed by atoms with Crippen LogP contribution in [0.5, 0.6) is 0 Å². The number of nitrogens with zero attached hydrogens (tertiary/aromatic N) is 3. The van der Waals surface area contributed by atoms with E-state index in [4.69, 9.17) is 19.4 Å². The van der Waals surface area contributed by atoms with Crippen LogP contribution >= 0.6 is 0 Å². The van der Waals surface area contributed by atoms with Crippen LogP contribution in [0.4, 0.5) is 0 Å². The van der Waals surface area contributed by atoms with Crippen LogP contribution in [0.1, 0.15) is 55.1 Å². The lowest BCUT2D eigenvalue weighted by atomic mass is 9.98. The maximum absolute atomic E-state index is 6.15. The van der Waals surface area contributed by atoms with Crippen molar-refractivity contribution in [2.45, 2.75) is 38.5 Å². The Morgan fingerprint density at radius 2 is 1.43 bits per heavy atom. The number of aromatic nitrogens is 3. The predicted octanol–water partition coefficient (Wildman–Crippen LogP) is 8.38. The summed E-state index contributed by atoms with van der Waals surface area (Å²) in [6.07, 6.45) is 23.4. The zero-order chi connectivity index (χ0) is 24.6. The number of hydrogen-bond donors (Lipinski definition) is 0. The first kappa shape index (κ1) is 21.9. The van der Waals surface area contributed by atoms with Gasteiger partial charge in [-0.1, -0.05) is 78.9 Å². The van der Waals surface area contributed by atoms with Crippen molar-refractivity contribution < 1.29 is 4.42 Å². The van der Waals surface area contributed by atoms with E-state index in [0.29, 0.717) is 5.82 Å². The quantitative estimate of drug-likeness (QED) is 0.294. The molecule has 2 aromatic heterocycles. The van der Waals surface area contributed by atoms with Crippen molar-refractivity contribution in [3.05, 3.63) is 108 Å². The second kappa shape index (κ2) is 9.29. The molecule has 0 amide bonds. The van der Waals surface area contributed by atoms with E-state index in [-0.39, 0.29) is 0 Å². The molecule has 0 N–H and O–H groups in total. The molecule has 4 heteroatoms. The van der Waals surface area contributed by atoms with Gasteiger partial charge in [0.2, 0.25) is 0 Å². The molecule has 2 aromatic carbocycles. The molecular formula is C33H27N3O. The molecule has 0 atom stereocenters. The van der Waals surface area contributed by atoms with Gasteiger partial charge >= 0.3 is 0 Å². The lowest BCUT2D eigenvalue weighted by Crippen LogP contribution is -2.06. The summed E-state index contributed by atoms with van der Waals surface area (Å²) in [6.45, 7) is 0. The monoisotopic (exact) mass is 481 g/mol. The molecule has 0 saturated carbocycles. The summed E-state index contributed by atoms with van der Waals surface area (Å²) in [5, 5.41) is 1.22. The van der Waals surface area contributed by atoms with Gasteiger partial charge in [0, 0.05) is 22.1 Å². The van der Waals surface area contributed by atoms with E-state index in [1.165, 1.54) is 10.9 Å². The normalized spacial score (nSPS) is 16.5. The summed E-state index contributed by atoms with van der Waals surface area (Å²) in [6, 6.07) is 15.0. The number of allylic oxidation sites excluding steroid dienone is 9. The Hall–Kier alpha value is -4.31. The van der Waals surface area contributed by atoms with Crippen molar-refractivity contribution in [1.29, 1.82) is 0 Å². The highest BCUT2D eigenvalue weighted by atomic mass is 16.3. The number of benzene rings is 2. The second-order valence-electron chi connectivity index (χ2n) is 9.78. The van der Waals surface area contributed by atoms with E-state index in [0.717, 1.165) is 89.4 Å². The minimum atomic E-state index is 0.711. The summed E-state index contributed by atoms with van der Waals surface area (Å²) in [7, 11) is 0. The third kappa shape index (κ3) is 4.19. The van der Waals surface area contributed by atoms with Crippen molar-refractivity contribution in [3.8, 4) is 22.5 Å². The van der Waals surface area contributed by atoms with Gasteiger partial charge in [-0.15, -0.1) is 0 Å². The fourth-order valence-corrected chi connectivity index (χ4v) is 5.32. The first-order valence-electron chi connectivity index (χ1n) is 13.1. The zero-order valence-electron chi connectivity index (χ0n) is 20.7. The van der Waals surface area contributed by atoms with Crippen LogP contribution in [-0.2, 0) is 6.42 Å². The maximum Gasteiger partial charge on any atom is 0.164 e. The Kier molecular flexibility index (Phi) is 5.51. The molecule has 37 heavy (non-hydrogen) atoms. The molecule has 2 heterocycles. The minimum Gasteiger partial charge on any atom is -0.456 e. The van der Waals surface area contributed by atoms with Crippen LogP contribution in [0, 0.1) is 0 Å². The maximum atomic E-state index is 6.15. The van der Waals surface area contributed by atoms with Gasteiger partial charge in [0.25, 0.3) is 0 Å². The van der Waals surface area contributed by atoms with Crippen molar-refractivity contribution in [1.82, 2.24) is 15.0 Å². The molecule has 7 rings (SSSR count). The molecule has 4 aromatic rings. The van der Waals surface area contributed by atoms with Gasteiger partial charge in [0.05, 0.1) is 0 Å². The molecule has 4 nitrogen and oxygen atoms in total. The van der Waals surface area contributed by atoms with Crippen LogP contribution in [0.15, 0.2) is 89.4 Å². The van der Waals surface area contributed by atoms with Crippen LogP contribution in [0.2, 0.25) is 0 Å². The van der Waals surface area contributed by atoms with Gasteiger partial charge in [-0.05, 0) is 67.4 Å². The minimum absolute atomic E-state index is 0.711. The van der Waals surface area contributed by atoms with Gasteiger partial charge in [0.1, 0.15) is 11.3 Å². The van der Waals surface area contributed by atoms with Crippen LogP contribution in [-0.4, -0.2) is 15.0 Å². The molecule has 3 aliphatic carbocycles. The third-order valence-corrected chi connectivity index (χ3v) is 7.32. The van der Waals surface area contributed by atoms with Crippen LogP contribution in [0.25, 0.3) is 50.7 Å². The standard InChI is InChI=1S/C33H27N3O/c1-3-9-23(10-4-1)31-34-32(24-11-5-2-6-12-24)36-33(35-31)25-17-15-22(16-18-25)26-19-20-28-27-13-7-8-14-29(27)37-30(28)21-26/h1,3,5,8-9,11-12,14-21H,2,4,6-7,10,13H2. The number of fused-ring (bicyclic) bond motifs is 3. The molecule has 0 saturated heterocycles. The molecule has 0 bridgehead atoms. The van der Waals surface area contributed by atoms with E-state index in [1.807, 2.05) is 0 Å². The number of hydrogen-bond acceptors (Lipinski definition) is 4. The van der Waals surface area contributed by atoms with Gasteiger partial charge in [-0.3, -0.25) is 0 Å². The Balaban J connectivity index is 1.25. The summed E-state index contributed by atoms with van der Waals surface area (Å²) >= 11 is 0. The first-order chi connectivity index (χ1) is 18.3. The Labute approximate surface area is 216 Å². The lowest BCUT2D eigenvalue weighted by Gasteiger charge is -2.13. The average molecular weight is 482 g/mol. The van der Waals surface area contributed by atoms with Gasteiger partial charge < -0.3 is 4.42 Å². The largest absolute Gasteiger partial charge is 0.456 e. The third-order valence-electron chi connectivity index (χ3n) is 7.32. The van der Waals surface area contributed by atoms with Crippen molar-refractivity contribution >= 4 is 28.2 Å². The number of aryl methyl sites for hydroxylation is 1. The van der Waals surface area contributed by atoms with E-state index in [2.05, 4.69) is 91.1 Å². The first-order valence-corrected chi connectivity index (χ1v) is 13.1. The number of rotatable bonds is 4. The van der Waals surface area contributed by atoms with Crippen LogP contribution < -0.4 is 0 Å². The molecule has 180 valence electrons. The Morgan fingerprint density at radius 1 is 0.649 bits per heavy atom. The Bertz CT molecular complexity index is 1660. The molecule has 3 aliphatic rings. The highest BCUT2D eigenvalue weighted by Crippen LogP contribution is 2.34. The summed E-state index contributed by atoms with van der Waals surface area (Å²) in [5.41, 5.74) is 7.78. The summed E-state index contributed by atoms with van der Waals surface area (Å²) in [4.78, 5) is 14.7. The van der Waals surface area contributed by atoms with E-state index < -0.39 is 0 Å². The van der Waals surface area contributed by atoms with Gasteiger partial charge in [-0.25, -0.2) is 15.0 Å². The SMILES string of the molecule is C1=CCCC(c2nc(C3=CCCC=C3)nc(-c3ccc(-c4ccc5c6c(oc5c4)C=CCC6)cc3)n2)=C1. The topological polar surface area (TPSA) is 51.8 Å². The fourth-order valence-electron chi connectivity index (χ4n) is 5.32. The average Bonchev–Trinajstić information content (AvgIpc) is 3.36. The zero-order valence-corrected chi connectivity index (χ0v) is 20.7. The van der Waals surface area contributed by atoms with Crippen molar-refractivity contribution in [2.24, 2.45) is 0 Å². The van der Waals surface area contributed by atoms with E-state index >= 15 is 0 Å². The molecule has 0 spiro atoms. The van der Waals surface area contributed by atoms with Gasteiger partial charge in [-0.2, -0.15) is 0 Å². The molecular weight excluding hydrogens is 454 g/mol. The van der Waals surface area contributed by atoms with Crippen LogP contribution in [0.3, 0.4) is 0 Å². The molecule has 0 fully saturated rings. The molecule has 0 aliphatic heterocycles. The fraction of sp³-hybridized carbons (Fsp3) is 0.182. The summed E-state index contributed by atoms with van der Waals surface area (Å²) < 4.78 is 6.15. The highest BCUT2D eigenvalue weighted by molar-refractivity contribution is 5.89. The highest BCUT2D eigenvalue weighted by Gasteiger charge is 2.17. The Morgan fingerprint density at radius 3 is 2.27 bits per heavy atom. The summed E-state index contributed by atoms with van der Waals surface area (Å²) in [5.74, 6) is 3.23. The van der Waals surface area contributed by atoms with E-state index in [1.54, 1.807) is 0 Å². The van der Waals surface area contributed by atoms with Gasteiger partial charge in [0.15, 0.2) is 17.5 Å². The predicted molar refractivity (Wildman–Crippen MR) is 151 cm³/mol. The van der Waals surface area contributed by atoms with Crippen molar-refractivity contribution in [3.63, 3.8) is 0 Å².